The summed E-state index contributed by atoms with van der Waals surface area (Å²) in [6.45, 7) is 4.01. The van der Waals surface area contributed by atoms with E-state index in [-0.39, 0.29) is 0 Å². The summed E-state index contributed by atoms with van der Waals surface area (Å²) in [6, 6.07) is 14.6. The Balaban J connectivity index is 2.31. The lowest BCUT2D eigenvalue weighted by Crippen LogP contribution is -2.14. The van der Waals surface area contributed by atoms with E-state index in [9.17, 15) is 0 Å². The van der Waals surface area contributed by atoms with E-state index in [0.717, 1.165) is 29.7 Å². The van der Waals surface area contributed by atoms with Crippen LogP contribution in [0.1, 0.15) is 18.9 Å². The molecule has 0 radical (unpaired) electrons. The maximum Gasteiger partial charge on any atom is 0.123 e. The third kappa shape index (κ3) is 3.62. The van der Waals surface area contributed by atoms with Crippen LogP contribution in [0.5, 0.6) is 5.75 Å². The summed E-state index contributed by atoms with van der Waals surface area (Å²) in [6.07, 6.45) is 1.13. The second kappa shape index (κ2) is 7.46. The highest BCUT2D eigenvalue weighted by Crippen LogP contribution is 2.31. The summed E-state index contributed by atoms with van der Waals surface area (Å²) in [5.74, 6) is 0.935. The van der Waals surface area contributed by atoms with E-state index in [1.807, 2.05) is 12.1 Å². The lowest BCUT2D eigenvalue weighted by molar-refractivity contribution is 0.408. The van der Waals surface area contributed by atoms with Crippen molar-refractivity contribution in [1.29, 1.82) is 0 Å². The van der Waals surface area contributed by atoms with E-state index < -0.39 is 0 Å². The molecular weight excluding hydrogens is 314 g/mol. The fourth-order valence-corrected chi connectivity index (χ4v) is 2.69. The number of hydrogen-bond acceptors (Lipinski definition) is 2. The number of rotatable bonds is 6. The standard InChI is InChI=1S/C17H20BrNO/c1-3-10-19-12-14-11-13(8-9-17(14)20-2)15-6-4-5-7-16(15)18/h4-9,11,19H,3,10,12H2,1-2H3. The van der Waals surface area contributed by atoms with Gasteiger partial charge in [0.2, 0.25) is 0 Å². The molecule has 0 bridgehead atoms. The molecule has 0 fully saturated rings. The zero-order valence-electron chi connectivity index (χ0n) is 11.9. The first-order valence-corrected chi connectivity index (χ1v) is 7.68. The number of hydrogen-bond donors (Lipinski definition) is 1. The summed E-state index contributed by atoms with van der Waals surface area (Å²) in [7, 11) is 1.72. The van der Waals surface area contributed by atoms with Crippen LogP contribution in [0.25, 0.3) is 11.1 Å². The van der Waals surface area contributed by atoms with E-state index in [1.54, 1.807) is 7.11 Å². The van der Waals surface area contributed by atoms with Crippen LogP contribution >= 0.6 is 15.9 Å². The third-order valence-corrected chi connectivity index (χ3v) is 3.90. The molecule has 3 heteroatoms. The first kappa shape index (κ1) is 15.1. The second-order valence-corrected chi connectivity index (χ2v) is 5.54. The minimum absolute atomic E-state index is 0.829. The van der Waals surface area contributed by atoms with Crippen molar-refractivity contribution < 1.29 is 4.74 Å². The van der Waals surface area contributed by atoms with Crippen molar-refractivity contribution >= 4 is 15.9 Å². The molecule has 0 aromatic heterocycles. The second-order valence-electron chi connectivity index (χ2n) is 4.68. The van der Waals surface area contributed by atoms with Gasteiger partial charge >= 0.3 is 0 Å². The smallest absolute Gasteiger partial charge is 0.123 e. The fourth-order valence-electron chi connectivity index (χ4n) is 2.18. The molecule has 2 nitrogen and oxygen atoms in total. The van der Waals surface area contributed by atoms with E-state index in [2.05, 4.69) is 58.5 Å². The van der Waals surface area contributed by atoms with E-state index in [0.29, 0.717) is 0 Å². The molecule has 0 aliphatic carbocycles. The molecule has 106 valence electrons. The largest absolute Gasteiger partial charge is 0.496 e. The maximum atomic E-state index is 5.45. The van der Waals surface area contributed by atoms with Crippen LogP contribution in [-0.2, 0) is 6.54 Å². The Labute approximate surface area is 129 Å². The lowest BCUT2D eigenvalue weighted by Gasteiger charge is -2.12. The average Bonchev–Trinajstić information content (AvgIpc) is 2.48. The fraction of sp³-hybridized carbons (Fsp3) is 0.294. The summed E-state index contributed by atoms with van der Waals surface area (Å²) < 4.78 is 6.55. The van der Waals surface area contributed by atoms with Gasteiger partial charge in [-0.2, -0.15) is 0 Å². The Morgan fingerprint density at radius 1 is 1.15 bits per heavy atom. The highest BCUT2D eigenvalue weighted by atomic mass is 79.9. The van der Waals surface area contributed by atoms with Gasteiger partial charge in [-0.3, -0.25) is 0 Å². The summed E-state index contributed by atoms with van der Waals surface area (Å²) >= 11 is 3.61. The van der Waals surface area contributed by atoms with Crippen molar-refractivity contribution in [3.8, 4) is 16.9 Å². The Morgan fingerprint density at radius 3 is 2.65 bits per heavy atom. The topological polar surface area (TPSA) is 21.3 Å². The molecule has 2 rings (SSSR count). The van der Waals surface area contributed by atoms with E-state index in [4.69, 9.17) is 4.74 Å². The predicted octanol–water partition coefficient (Wildman–Crippen LogP) is 4.62. The first-order chi connectivity index (χ1) is 9.76. The van der Waals surface area contributed by atoms with Crippen LogP contribution < -0.4 is 10.1 Å². The average molecular weight is 334 g/mol. The van der Waals surface area contributed by atoms with Crippen LogP contribution in [0.15, 0.2) is 46.9 Å². The molecule has 0 unspecified atom stereocenters. The minimum atomic E-state index is 0.829. The molecular formula is C17H20BrNO. The summed E-state index contributed by atoms with van der Waals surface area (Å²) in [5.41, 5.74) is 3.59. The minimum Gasteiger partial charge on any atom is -0.496 e. The molecule has 0 aliphatic rings. The van der Waals surface area contributed by atoms with Gasteiger partial charge in [0.05, 0.1) is 7.11 Å². The molecule has 0 heterocycles. The Hall–Kier alpha value is -1.32. The Bertz CT molecular complexity index is 569. The van der Waals surface area contributed by atoms with Crippen LogP contribution in [-0.4, -0.2) is 13.7 Å². The molecule has 0 saturated heterocycles. The normalized spacial score (nSPS) is 10.6. The van der Waals surface area contributed by atoms with Gasteiger partial charge < -0.3 is 10.1 Å². The van der Waals surface area contributed by atoms with Gasteiger partial charge in [-0.25, -0.2) is 0 Å². The van der Waals surface area contributed by atoms with Crippen molar-refractivity contribution in [2.45, 2.75) is 19.9 Å². The highest BCUT2D eigenvalue weighted by molar-refractivity contribution is 9.10. The zero-order chi connectivity index (χ0) is 14.4. The molecule has 0 spiro atoms. The van der Waals surface area contributed by atoms with Gasteiger partial charge in [-0.15, -0.1) is 0 Å². The van der Waals surface area contributed by atoms with E-state index >= 15 is 0 Å². The molecule has 0 aliphatic heterocycles. The maximum absolute atomic E-state index is 5.45. The van der Waals surface area contributed by atoms with Crippen LogP contribution in [0.2, 0.25) is 0 Å². The molecule has 1 N–H and O–H groups in total. The number of nitrogens with one attached hydrogen (secondary N) is 1. The molecule has 2 aromatic carbocycles. The molecule has 2 aromatic rings. The van der Waals surface area contributed by atoms with Crippen molar-refractivity contribution in [3.05, 3.63) is 52.5 Å². The van der Waals surface area contributed by atoms with Crippen molar-refractivity contribution in [3.63, 3.8) is 0 Å². The van der Waals surface area contributed by atoms with Gasteiger partial charge in [-0.1, -0.05) is 47.1 Å². The van der Waals surface area contributed by atoms with Crippen molar-refractivity contribution in [1.82, 2.24) is 5.32 Å². The Morgan fingerprint density at radius 2 is 1.95 bits per heavy atom. The van der Waals surface area contributed by atoms with Crippen LogP contribution in [0, 0.1) is 0 Å². The van der Waals surface area contributed by atoms with Crippen molar-refractivity contribution in [2.24, 2.45) is 0 Å². The number of ether oxygens (including phenoxy) is 1. The van der Waals surface area contributed by atoms with Gasteiger partial charge in [0.1, 0.15) is 5.75 Å². The monoisotopic (exact) mass is 333 g/mol. The quantitative estimate of drug-likeness (QED) is 0.778. The highest BCUT2D eigenvalue weighted by Gasteiger charge is 2.07. The molecule has 0 atom stereocenters. The SMILES string of the molecule is CCCNCc1cc(-c2ccccc2Br)ccc1OC. The van der Waals surface area contributed by atoms with Crippen molar-refractivity contribution in [2.75, 3.05) is 13.7 Å². The van der Waals surface area contributed by atoms with Crippen LogP contribution in [0.3, 0.4) is 0 Å². The lowest BCUT2D eigenvalue weighted by atomic mass is 10.0. The van der Waals surface area contributed by atoms with Gasteiger partial charge in [0.15, 0.2) is 0 Å². The number of halogens is 1. The Kier molecular flexibility index (Phi) is 5.62. The van der Waals surface area contributed by atoms with Gasteiger partial charge in [0.25, 0.3) is 0 Å². The third-order valence-electron chi connectivity index (χ3n) is 3.21. The molecule has 20 heavy (non-hydrogen) atoms. The molecule has 0 saturated carbocycles. The number of methoxy groups -OCH3 is 1. The molecule has 0 amide bonds. The van der Waals surface area contributed by atoms with E-state index in [1.165, 1.54) is 16.7 Å². The first-order valence-electron chi connectivity index (χ1n) is 6.88. The van der Waals surface area contributed by atoms with Gasteiger partial charge in [-0.05, 0) is 42.3 Å². The zero-order valence-corrected chi connectivity index (χ0v) is 13.5. The number of benzene rings is 2. The van der Waals surface area contributed by atoms with Crippen LogP contribution in [0.4, 0.5) is 0 Å². The predicted molar refractivity (Wildman–Crippen MR) is 88.1 cm³/mol. The van der Waals surface area contributed by atoms with Gasteiger partial charge in [0, 0.05) is 16.6 Å². The summed E-state index contributed by atoms with van der Waals surface area (Å²) in [5, 5.41) is 3.43. The summed E-state index contributed by atoms with van der Waals surface area (Å²) in [4.78, 5) is 0.